The fourth-order valence-corrected chi connectivity index (χ4v) is 0.562. The van der Waals surface area contributed by atoms with Gasteiger partial charge in [-0.15, -0.1) is 0 Å². The van der Waals surface area contributed by atoms with E-state index < -0.39 is 0 Å². The molecule has 1 rings (SSSR count). The first-order chi connectivity index (χ1) is 4.18. The maximum absolute atomic E-state index is 10.5. The molecule has 0 bridgehead atoms. The van der Waals surface area contributed by atoms with Gasteiger partial charge in [-0.05, 0) is 18.9 Å². The fraction of sp³-hybridized carbons (Fsp3) is 0.200. The third kappa shape index (κ3) is 2.51. The van der Waals surface area contributed by atoms with Crippen LogP contribution in [0.4, 0.5) is 5.82 Å². The molecule has 0 unspecified atom stereocenters. The Bertz CT molecular complexity index is 178. The van der Waals surface area contributed by atoms with Crippen molar-refractivity contribution in [2.75, 3.05) is 5.73 Å². The van der Waals surface area contributed by atoms with Crippen LogP contribution in [0.5, 0.6) is 5.88 Å². The summed E-state index contributed by atoms with van der Waals surface area (Å²) in [5.74, 6) is 0.313. The predicted octanol–water partition coefficient (Wildman–Crippen LogP) is -3.56. The molecule has 0 fully saturated rings. The van der Waals surface area contributed by atoms with Crippen molar-refractivity contribution in [3.8, 4) is 5.88 Å². The minimum Gasteiger partial charge on any atom is -0.858 e. The summed E-state index contributed by atoms with van der Waals surface area (Å²) < 4.78 is 0. The molecule has 1 aromatic heterocycles. The summed E-state index contributed by atoms with van der Waals surface area (Å²) in [5.41, 5.74) is 5.21. The maximum Gasteiger partial charge on any atom is 1.00 e. The molecule has 0 spiro atoms. The first-order valence-electron chi connectivity index (χ1n) is 2.46. The third-order valence-electron chi connectivity index (χ3n) is 0.834. The van der Waals surface area contributed by atoms with Crippen LogP contribution < -0.4 is 40.4 Å². The number of rotatable bonds is 0. The Hall–Kier alpha value is -0.320. The number of nitrogens with zero attached hydrogens (tertiary/aromatic N) is 2. The van der Waals surface area contributed by atoms with E-state index in [1.807, 2.05) is 0 Å². The molecule has 0 amide bonds. The van der Waals surface area contributed by atoms with Crippen molar-refractivity contribution >= 4 is 5.82 Å². The average molecular weight is 147 g/mol. The minimum absolute atomic E-state index is 0. The number of nitrogen functional groups attached to an aromatic ring is 1. The van der Waals surface area contributed by atoms with Gasteiger partial charge in [-0.25, -0.2) is 9.97 Å². The summed E-state index contributed by atoms with van der Waals surface area (Å²) in [6.07, 6.45) is 0. The van der Waals surface area contributed by atoms with E-state index >= 15 is 0 Å². The zero-order chi connectivity index (χ0) is 6.85. The van der Waals surface area contributed by atoms with Gasteiger partial charge in [0.1, 0.15) is 11.6 Å². The van der Waals surface area contributed by atoms with Gasteiger partial charge in [0.05, 0.1) is 0 Å². The van der Waals surface area contributed by atoms with E-state index in [1.165, 1.54) is 6.07 Å². The Labute approximate surface area is 80.8 Å². The number of anilines is 1. The monoisotopic (exact) mass is 147 g/mol. The Kier molecular flexibility index (Phi) is 3.63. The molecule has 5 heteroatoms. The van der Waals surface area contributed by atoms with Crippen molar-refractivity contribution in [2.45, 2.75) is 6.92 Å². The number of aromatic nitrogens is 2. The summed E-state index contributed by atoms with van der Waals surface area (Å²) in [6.45, 7) is 1.62. The van der Waals surface area contributed by atoms with Crippen LogP contribution in [0, 0.1) is 6.92 Å². The van der Waals surface area contributed by atoms with E-state index in [9.17, 15) is 5.11 Å². The van der Waals surface area contributed by atoms with Crippen molar-refractivity contribution in [3.63, 3.8) is 0 Å². The van der Waals surface area contributed by atoms with E-state index in [2.05, 4.69) is 9.97 Å². The quantitative estimate of drug-likeness (QED) is 0.385. The summed E-state index contributed by atoms with van der Waals surface area (Å²) in [6, 6.07) is 1.19. The van der Waals surface area contributed by atoms with Gasteiger partial charge >= 0.3 is 29.6 Å². The van der Waals surface area contributed by atoms with Gasteiger partial charge < -0.3 is 10.8 Å². The first-order valence-corrected chi connectivity index (χ1v) is 2.46. The Balaban J connectivity index is 0.000000810. The molecular formula is C5H6N3NaO. The van der Waals surface area contributed by atoms with Crippen LogP contribution >= 0.6 is 0 Å². The second-order valence-electron chi connectivity index (χ2n) is 1.68. The average Bonchev–Trinajstić information content (AvgIpc) is 1.59. The van der Waals surface area contributed by atoms with Crippen LogP contribution in [0.3, 0.4) is 0 Å². The number of aryl methyl sites for hydroxylation is 1. The van der Waals surface area contributed by atoms with E-state index in [1.54, 1.807) is 6.92 Å². The molecule has 0 aliphatic heterocycles. The molecule has 0 atom stereocenters. The van der Waals surface area contributed by atoms with Gasteiger partial charge in [0.2, 0.25) is 0 Å². The topological polar surface area (TPSA) is 74.9 Å². The molecule has 0 aromatic carbocycles. The summed E-state index contributed by atoms with van der Waals surface area (Å²) >= 11 is 0. The third-order valence-corrected chi connectivity index (χ3v) is 0.834. The van der Waals surface area contributed by atoms with Crippen LogP contribution in [0.15, 0.2) is 6.07 Å². The van der Waals surface area contributed by atoms with Gasteiger partial charge in [-0.1, -0.05) is 0 Å². The number of hydrogen-bond acceptors (Lipinski definition) is 4. The largest absolute Gasteiger partial charge is 1.00 e. The SMILES string of the molecule is Cc1nc(N)cc([O-])n1.[Na+]. The molecular weight excluding hydrogens is 141 g/mol. The predicted molar refractivity (Wildman–Crippen MR) is 30.6 cm³/mol. The molecule has 1 heterocycles. The summed E-state index contributed by atoms with van der Waals surface area (Å²) in [7, 11) is 0. The van der Waals surface area contributed by atoms with Gasteiger partial charge in [0, 0.05) is 0 Å². The van der Waals surface area contributed by atoms with Gasteiger partial charge in [0.25, 0.3) is 0 Å². The van der Waals surface area contributed by atoms with Crippen LogP contribution in [0.2, 0.25) is 0 Å². The van der Waals surface area contributed by atoms with Crippen LogP contribution in [-0.4, -0.2) is 9.97 Å². The summed E-state index contributed by atoms with van der Waals surface area (Å²) in [5, 5.41) is 10.5. The van der Waals surface area contributed by atoms with Crippen molar-refractivity contribution in [3.05, 3.63) is 11.9 Å². The molecule has 10 heavy (non-hydrogen) atoms. The van der Waals surface area contributed by atoms with Crippen LogP contribution in [0.1, 0.15) is 5.82 Å². The van der Waals surface area contributed by atoms with Crippen LogP contribution in [0.25, 0.3) is 0 Å². The maximum atomic E-state index is 10.5. The molecule has 48 valence electrons. The molecule has 1 aromatic rings. The molecule has 0 aliphatic rings. The molecule has 2 N–H and O–H groups in total. The van der Waals surface area contributed by atoms with Crippen LogP contribution in [-0.2, 0) is 0 Å². The standard InChI is InChI=1S/C5H7N3O.Na/c1-3-7-4(6)2-5(9)8-3;/h2H,1H3,(H3,6,7,8,9);/q;+1/p-1. The molecule has 0 radical (unpaired) electrons. The smallest absolute Gasteiger partial charge is 0.858 e. The van der Waals surface area contributed by atoms with Crippen molar-refractivity contribution in [2.24, 2.45) is 0 Å². The van der Waals surface area contributed by atoms with Crippen molar-refractivity contribution in [1.82, 2.24) is 9.97 Å². The first kappa shape index (κ1) is 9.68. The fourth-order valence-electron chi connectivity index (χ4n) is 0.562. The number of nitrogens with two attached hydrogens (primary N) is 1. The minimum atomic E-state index is -0.333. The van der Waals surface area contributed by atoms with E-state index in [0.29, 0.717) is 5.82 Å². The normalized spacial score (nSPS) is 8.50. The Morgan fingerprint density at radius 1 is 1.50 bits per heavy atom. The molecule has 4 nitrogen and oxygen atoms in total. The molecule has 0 saturated heterocycles. The zero-order valence-electron chi connectivity index (χ0n) is 5.96. The molecule has 0 saturated carbocycles. The van der Waals surface area contributed by atoms with Crippen molar-refractivity contribution < 1.29 is 34.7 Å². The van der Waals surface area contributed by atoms with E-state index in [0.717, 1.165) is 0 Å². The zero-order valence-corrected chi connectivity index (χ0v) is 7.96. The Morgan fingerprint density at radius 2 is 2.10 bits per heavy atom. The van der Waals surface area contributed by atoms with Crippen molar-refractivity contribution in [1.29, 1.82) is 0 Å². The second kappa shape index (κ2) is 3.75. The molecule has 0 aliphatic carbocycles. The van der Waals surface area contributed by atoms with E-state index in [-0.39, 0.29) is 41.3 Å². The van der Waals surface area contributed by atoms with Gasteiger partial charge in [-0.2, -0.15) is 0 Å². The Morgan fingerprint density at radius 3 is 2.50 bits per heavy atom. The number of hydrogen-bond donors (Lipinski definition) is 1. The second-order valence-corrected chi connectivity index (χ2v) is 1.68. The van der Waals surface area contributed by atoms with E-state index in [4.69, 9.17) is 5.73 Å². The van der Waals surface area contributed by atoms with Gasteiger partial charge in [0.15, 0.2) is 0 Å². The van der Waals surface area contributed by atoms with Gasteiger partial charge in [-0.3, -0.25) is 0 Å². The summed E-state index contributed by atoms with van der Waals surface area (Å²) in [4.78, 5) is 7.19.